The van der Waals surface area contributed by atoms with Crippen molar-refractivity contribution >= 4 is 11.9 Å². The van der Waals surface area contributed by atoms with Crippen LogP contribution in [-0.4, -0.2) is 58.3 Å². The predicted molar refractivity (Wildman–Crippen MR) is 174 cm³/mol. The highest BCUT2D eigenvalue weighted by atomic mass is 16.6. The molecule has 3 N–H and O–H groups in total. The zero-order chi connectivity index (χ0) is 33.5. The van der Waals surface area contributed by atoms with E-state index < -0.39 is 41.1 Å². The number of fused-ring (bicyclic) bond motifs is 7. The van der Waals surface area contributed by atoms with Crippen molar-refractivity contribution in [2.24, 2.45) is 50.2 Å². The SMILES string of the molecule is C/C=C(/C)C(=O)O[C@H]1[C@H](OC(C)=O)[C@](C)(CC)CC2C3=CCC4[C@@]5(C)CC[C@H](O)C(C)(C)C5CC[C@@]4(C)[C@]3(C)C[C@@H](O)[C@]21CO. The number of carbonyl (C=O) groups excluding carboxylic acids is 2. The number of aliphatic hydroxyl groups excluding tert-OH is 3. The summed E-state index contributed by atoms with van der Waals surface area (Å²) in [4.78, 5) is 26.0. The number of allylic oxidation sites excluding steroid dienone is 3. The van der Waals surface area contributed by atoms with E-state index in [-0.39, 0.29) is 40.3 Å². The highest BCUT2D eigenvalue weighted by molar-refractivity contribution is 5.87. The van der Waals surface area contributed by atoms with Crippen molar-refractivity contribution in [2.45, 2.75) is 145 Å². The standard InChI is InChI=1S/C38H60O7/c1-11-22(3)32(43)45-31-30(44-23(4)40)34(7,12-2)19-25-24-13-14-27-35(8)17-16-28(41)33(5,6)26(35)15-18-36(27,9)37(24,10)20-29(42)38(25,31)21-39/h11,13,25-31,39,41-42H,12,14-21H2,1-10H3/b22-11-/t25?,26?,27?,28-,29+,30-,31-,34+,35-,36+,37+,38-/m0/s1. The van der Waals surface area contributed by atoms with Gasteiger partial charge >= 0.3 is 11.9 Å². The lowest BCUT2D eigenvalue weighted by Gasteiger charge is -2.72. The van der Waals surface area contributed by atoms with E-state index in [0.29, 0.717) is 36.7 Å². The van der Waals surface area contributed by atoms with Gasteiger partial charge in [0.05, 0.1) is 24.2 Å². The summed E-state index contributed by atoms with van der Waals surface area (Å²) in [5, 5.41) is 35.0. The molecule has 4 saturated carbocycles. The van der Waals surface area contributed by atoms with Crippen LogP contribution in [0.1, 0.15) is 121 Å². The first-order chi connectivity index (χ1) is 20.8. The van der Waals surface area contributed by atoms with Crippen LogP contribution in [-0.2, 0) is 19.1 Å². The number of esters is 2. The molecule has 0 aromatic rings. The minimum atomic E-state index is -1.22. The summed E-state index contributed by atoms with van der Waals surface area (Å²) >= 11 is 0. The van der Waals surface area contributed by atoms with Crippen LogP contribution in [0.15, 0.2) is 23.3 Å². The molecule has 5 aliphatic carbocycles. The van der Waals surface area contributed by atoms with Crippen molar-refractivity contribution in [3.8, 4) is 0 Å². The van der Waals surface area contributed by atoms with Gasteiger partial charge in [-0.05, 0) is 105 Å². The molecule has 0 aliphatic heterocycles. The summed E-state index contributed by atoms with van der Waals surface area (Å²) in [5.41, 5.74) is -0.614. The Kier molecular flexibility index (Phi) is 8.61. The largest absolute Gasteiger partial charge is 0.458 e. The van der Waals surface area contributed by atoms with Crippen LogP contribution in [0.4, 0.5) is 0 Å². The fraction of sp³-hybridized carbons (Fsp3) is 0.842. The van der Waals surface area contributed by atoms with Gasteiger partial charge < -0.3 is 24.8 Å². The summed E-state index contributed by atoms with van der Waals surface area (Å²) < 4.78 is 12.3. The molecule has 0 radical (unpaired) electrons. The Balaban J connectivity index is 1.67. The van der Waals surface area contributed by atoms with Crippen LogP contribution in [0.2, 0.25) is 0 Å². The van der Waals surface area contributed by atoms with Gasteiger partial charge in [0, 0.05) is 17.9 Å². The summed E-state index contributed by atoms with van der Waals surface area (Å²) in [6.07, 6.45) is 7.49. The fourth-order valence-corrected chi connectivity index (χ4v) is 12.0. The van der Waals surface area contributed by atoms with Gasteiger partial charge in [0.15, 0.2) is 6.10 Å². The predicted octanol–water partition coefficient (Wildman–Crippen LogP) is 6.53. The van der Waals surface area contributed by atoms with E-state index in [2.05, 4.69) is 54.5 Å². The zero-order valence-electron chi connectivity index (χ0n) is 29.5. The number of ether oxygens (including phenoxy) is 2. The second kappa shape index (κ2) is 11.2. The molecule has 3 unspecified atom stereocenters. The molecule has 0 heterocycles. The first kappa shape index (κ1) is 34.6. The molecule has 0 aromatic heterocycles. The van der Waals surface area contributed by atoms with E-state index in [1.165, 1.54) is 12.5 Å². The molecule has 0 saturated heterocycles. The number of hydrogen-bond acceptors (Lipinski definition) is 7. The summed E-state index contributed by atoms with van der Waals surface area (Å²) in [6.45, 7) is 20.4. The van der Waals surface area contributed by atoms with Crippen LogP contribution in [0, 0.1) is 50.2 Å². The van der Waals surface area contributed by atoms with Crippen LogP contribution in [0.3, 0.4) is 0 Å². The van der Waals surface area contributed by atoms with Crippen LogP contribution in [0.25, 0.3) is 0 Å². The molecule has 0 amide bonds. The number of rotatable bonds is 5. The molecule has 5 rings (SSSR count). The van der Waals surface area contributed by atoms with Gasteiger partial charge in [0.25, 0.3) is 0 Å². The molecule has 45 heavy (non-hydrogen) atoms. The third kappa shape index (κ3) is 4.59. The van der Waals surface area contributed by atoms with E-state index in [9.17, 15) is 24.9 Å². The maximum absolute atomic E-state index is 13.4. The lowest BCUT2D eigenvalue weighted by atomic mass is 9.33. The molecule has 5 aliphatic rings. The highest BCUT2D eigenvalue weighted by Crippen LogP contribution is 2.76. The average Bonchev–Trinajstić information content (AvgIpc) is 2.97. The Hall–Kier alpha value is -1.70. The molecule has 4 fully saturated rings. The first-order valence-electron chi connectivity index (χ1n) is 17.5. The van der Waals surface area contributed by atoms with E-state index >= 15 is 0 Å². The Morgan fingerprint density at radius 2 is 1.60 bits per heavy atom. The lowest BCUT2D eigenvalue weighted by molar-refractivity contribution is -0.267. The second-order valence-corrected chi connectivity index (χ2v) is 17.3. The molecule has 0 spiro atoms. The van der Waals surface area contributed by atoms with Crippen molar-refractivity contribution in [1.82, 2.24) is 0 Å². The Labute approximate surface area is 271 Å². The van der Waals surface area contributed by atoms with Crippen molar-refractivity contribution in [1.29, 1.82) is 0 Å². The highest BCUT2D eigenvalue weighted by Gasteiger charge is 2.73. The Morgan fingerprint density at radius 1 is 0.933 bits per heavy atom. The minimum absolute atomic E-state index is 0.0598. The third-order valence-corrected chi connectivity index (χ3v) is 15.3. The molecule has 254 valence electrons. The topological polar surface area (TPSA) is 113 Å². The molecule has 7 nitrogen and oxygen atoms in total. The zero-order valence-corrected chi connectivity index (χ0v) is 29.5. The normalized spacial score (nSPS) is 49.0. The number of aliphatic hydroxyl groups is 3. The van der Waals surface area contributed by atoms with Gasteiger partial charge in [-0.3, -0.25) is 4.79 Å². The van der Waals surface area contributed by atoms with E-state index in [1.807, 2.05) is 0 Å². The van der Waals surface area contributed by atoms with Crippen molar-refractivity contribution in [2.75, 3.05) is 6.61 Å². The second-order valence-electron chi connectivity index (χ2n) is 17.3. The molecule has 12 atom stereocenters. The van der Waals surface area contributed by atoms with E-state index in [0.717, 1.165) is 32.1 Å². The molecular weight excluding hydrogens is 568 g/mol. The van der Waals surface area contributed by atoms with Gasteiger partial charge in [-0.1, -0.05) is 66.2 Å². The monoisotopic (exact) mass is 628 g/mol. The van der Waals surface area contributed by atoms with Crippen LogP contribution in [0.5, 0.6) is 0 Å². The van der Waals surface area contributed by atoms with Gasteiger partial charge in [0.1, 0.15) is 6.10 Å². The van der Waals surface area contributed by atoms with Crippen molar-refractivity contribution < 1.29 is 34.4 Å². The Morgan fingerprint density at radius 3 is 2.18 bits per heavy atom. The smallest absolute Gasteiger partial charge is 0.333 e. The lowest BCUT2D eigenvalue weighted by Crippen LogP contribution is -2.72. The van der Waals surface area contributed by atoms with Gasteiger partial charge in [0.2, 0.25) is 0 Å². The number of carbonyl (C=O) groups is 2. The van der Waals surface area contributed by atoms with E-state index in [4.69, 9.17) is 9.47 Å². The molecule has 7 heteroatoms. The van der Waals surface area contributed by atoms with E-state index in [1.54, 1.807) is 19.9 Å². The summed E-state index contributed by atoms with van der Waals surface area (Å²) in [7, 11) is 0. The van der Waals surface area contributed by atoms with Crippen molar-refractivity contribution in [3.63, 3.8) is 0 Å². The van der Waals surface area contributed by atoms with Gasteiger partial charge in [-0.2, -0.15) is 0 Å². The summed E-state index contributed by atoms with van der Waals surface area (Å²) in [5.74, 6) is -0.451. The van der Waals surface area contributed by atoms with Crippen molar-refractivity contribution in [3.05, 3.63) is 23.3 Å². The maximum Gasteiger partial charge on any atom is 0.333 e. The van der Waals surface area contributed by atoms with Gasteiger partial charge in [-0.25, -0.2) is 4.79 Å². The average molecular weight is 629 g/mol. The van der Waals surface area contributed by atoms with Crippen LogP contribution < -0.4 is 0 Å². The Bertz CT molecular complexity index is 1270. The molecular formula is C38H60O7. The van der Waals surface area contributed by atoms with Crippen LogP contribution >= 0.6 is 0 Å². The minimum Gasteiger partial charge on any atom is -0.458 e. The molecule has 0 bridgehead atoms. The third-order valence-electron chi connectivity index (χ3n) is 15.3. The molecule has 0 aromatic carbocycles. The number of hydrogen-bond donors (Lipinski definition) is 3. The maximum atomic E-state index is 13.4. The van der Waals surface area contributed by atoms with Gasteiger partial charge in [-0.15, -0.1) is 0 Å². The quantitative estimate of drug-likeness (QED) is 0.180. The fourth-order valence-electron chi connectivity index (χ4n) is 12.0. The summed E-state index contributed by atoms with van der Waals surface area (Å²) in [6, 6.07) is 0. The first-order valence-corrected chi connectivity index (χ1v) is 17.5.